The molecule has 0 unspecified atom stereocenters. The summed E-state index contributed by atoms with van der Waals surface area (Å²) >= 11 is 3.42. The van der Waals surface area contributed by atoms with Gasteiger partial charge in [0.05, 0.1) is 0 Å². The van der Waals surface area contributed by atoms with Gasteiger partial charge in [0.2, 0.25) is 0 Å². The molecule has 1 N–H and O–H groups in total. The van der Waals surface area contributed by atoms with Crippen LogP contribution in [0.25, 0.3) is 0 Å². The third-order valence-corrected chi connectivity index (χ3v) is 4.01. The number of thioether (sulfide) groups is 1. The summed E-state index contributed by atoms with van der Waals surface area (Å²) in [6.45, 7) is 2.97. The highest BCUT2D eigenvalue weighted by molar-refractivity contribution is 8.00. The Morgan fingerprint density at radius 3 is 3.06 bits per heavy atom. The summed E-state index contributed by atoms with van der Waals surface area (Å²) < 4.78 is 1.10. The summed E-state index contributed by atoms with van der Waals surface area (Å²) in [6.07, 6.45) is 3.65. The normalized spacial score (nSPS) is 10.3. The molecule has 3 nitrogen and oxygen atoms in total. The molecule has 0 radical (unpaired) electrons. The fourth-order valence-electron chi connectivity index (χ4n) is 1.30. The first-order valence-electron chi connectivity index (χ1n) is 5.10. The summed E-state index contributed by atoms with van der Waals surface area (Å²) in [6, 6.07) is 4.07. The molecule has 0 fully saturated rings. The fourth-order valence-corrected chi connectivity index (χ4v) is 2.93. The van der Waals surface area contributed by atoms with E-state index in [0.29, 0.717) is 0 Å². The average Bonchev–Trinajstić information content (AvgIpc) is 2.81. The molecule has 16 heavy (non-hydrogen) atoms. The Bertz CT molecular complexity index is 429. The Morgan fingerprint density at radius 1 is 1.38 bits per heavy atom. The molecular formula is C11H13N3S2. The standard InChI is InChI=1S/C11H13N3S2/c1-2-12-10-9(4-3-5-13-10)8-16-11-14-6-7-15-11/h3-7H,2,8H2,1H3,(H,12,13). The maximum atomic E-state index is 4.33. The first-order valence-corrected chi connectivity index (χ1v) is 6.96. The van der Waals surface area contributed by atoms with E-state index in [0.717, 1.165) is 22.5 Å². The van der Waals surface area contributed by atoms with Gasteiger partial charge in [-0.3, -0.25) is 0 Å². The Labute approximate surface area is 103 Å². The van der Waals surface area contributed by atoms with E-state index in [1.54, 1.807) is 23.1 Å². The first-order chi connectivity index (χ1) is 7.90. The molecule has 0 atom stereocenters. The van der Waals surface area contributed by atoms with Gasteiger partial charge in [0.15, 0.2) is 0 Å². The molecule has 0 bridgehead atoms. The van der Waals surface area contributed by atoms with Crippen molar-refractivity contribution in [1.82, 2.24) is 9.97 Å². The second-order valence-electron chi connectivity index (χ2n) is 3.13. The summed E-state index contributed by atoms with van der Waals surface area (Å²) in [5.74, 6) is 1.89. The molecule has 2 heterocycles. The van der Waals surface area contributed by atoms with Crippen molar-refractivity contribution in [3.63, 3.8) is 0 Å². The van der Waals surface area contributed by atoms with Crippen LogP contribution in [0.15, 0.2) is 34.2 Å². The van der Waals surface area contributed by atoms with E-state index in [1.807, 2.05) is 23.8 Å². The van der Waals surface area contributed by atoms with Crippen LogP contribution in [0.1, 0.15) is 12.5 Å². The minimum Gasteiger partial charge on any atom is -0.370 e. The van der Waals surface area contributed by atoms with Crippen LogP contribution in [0.4, 0.5) is 5.82 Å². The number of thiazole rings is 1. The minimum atomic E-state index is 0.895. The molecule has 0 amide bonds. The van der Waals surface area contributed by atoms with Crippen molar-refractivity contribution in [1.29, 1.82) is 0 Å². The zero-order valence-electron chi connectivity index (χ0n) is 9.01. The van der Waals surface area contributed by atoms with E-state index in [1.165, 1.54) is 5.56 Å². The number of aromatic nitrogens is 2. The highest BCUT2D eigenvalue weighted by Gasteiger charge is 2.04. The maximum absolute atomic E-state index is 4.33. The van der Waals surface area contributed by atoms with Gasteiger partial charge in [-0.05, 0) is 13.0 Å². The van der Waals surface area contributed by atoms with Crippen LogP contribution in [0.2, 0.25) is 0 Å². The van der Waals surface area contributed by atoms with Crippen molar-refractivity contribution in [2.45, 2.75) is 17.0 Å². The molecule has 0 aromatic carbocycles. The van der Waals surface area contributed by atoms with Crippen molar-refractivity contribution in [2.75, 3.05) is 11.9 Å². The van der Waals surface area contributed by atoms with Crippen LogP contribution in [0.5, 0.6) is 0 Å². The van der Waals surface area contributed by atoms with Crippen molar-refractivity contribution in [2.24, 2.45) is 0 Å². The third-order valence-electron chi connectivity index (χ3n) is 2.00. The van der Waals surface area contributed by atoms with Crippen LogP contribution >= 0.6 is 23.1 Å². The lowest BCUT2D eigenvalue weighted by Crippen LogP contribution is -2.02. The van der Waals surface area contributed by atoms with Crippen molar-refractivity contribution in [3.8, 4) is 0 Å². The fraction of sp³-hybridized carbons (Fsp3) is 0.273. The summed E-state index contributed by atoms with van der Waals surface area (Å²) in [5.41, 5.74) is 1.23. The number of hydrogen-bond donors (Lipinski definition) is 1. The van der Waals surface area contributed by atoms with Gasteiger partial charge in [-0.1, -0.05) is 17.8 Å². The molecule has 0 aliphatic carbocycles. The van der Waals surface area contributed by atoms with Crippen molar-refractivity contribution >= 4 is 28.9 Å². The maximum Gasteiger partial charge on any atom is 0.150 e. The third kappa shape index (κ3) is 2.96. The van der Waals surface area contributed by atoms with Gasteiger partial charge in [0, 0.05) is 35.6 Å². The van der Waals surface area contributed by atoms with Crippen molar-refractivity contribution in [3.05, 3.63) is 35.5 Å². The van der Waals surface area contributed by atoms with E-state index in [4.69, 9.17) is 0 Å². The molecule has 0 spiro atoms. The predicted molar refractivity (Wildman–Crippen MR) is 70.1 cm³/mol. The molecule has 5 heteroatoms. The summed E-state index contributed by atoms with van der Waals surface area (Å²) in [7, 11) is 0. The SMILES string of the molecule is CCNc1ncccc1CSc1nccs1. The second kappa shape index (κ2) is 5.86. The monoisotopic (exact) mass is 251 g/mol. The lowest BCUT2D eigenvalue weighted by Gasteiger charge is -2.07. The number of rotatable bonds is 5. The van der Waals surface area contributed by atoms with Crippen LogP contribution in [0, 0.1) is 0 Å². The van der Waals surface area contributed by atoms with Crippen LogP contribution in [0.3, 0.4) is 0 Å². The number of pyridine rings is 1. The van der Waals surface area contributed by atoms with Gasteiger partial charge >= 0.3 is 0 Å². The van der Waals surface area contributed by atoms with E-state index >= 15 is 0 Å². The number of anilines is 1. The Morgan fingerprint density at radius 2 is 2.31 bits per heavy atom. The lowest BCUT2D eigenvalue weighted by molar-refractivity contribution is 1.13. The van der Waals surface area contributed by atoms with Crippen LogP contribution in [-0.2, 0) is 5.75 Å². The molecular weight excluding hydrogens is 238 g/mol. The molecule has 0 saturated carbocycles. The number of nitrogens with one attached hydrogen (secondary N) is 1. The highest BCUT2D eigenvalue weighted by atomic mass is 32.2. The predicted octanol–water partition coefficient (Wildman–Crippen LogP) is 3.26. The Hall–Kier alpha value is -1.07. The van der Waals surface area contributed by atoms with Crippen LogP contribution in [-0.4, -0.2) is 16.5 Å². The topological polar surface area (TPSA) is 37.8 Å². The highest BCUT2D eigenvalue weighted by Crippen LogP contribution is 2.26. The van der Waals surface area contributed by atoms with Crippen molar-refractivity contribution < 1.29 is 0 Å². The van der Waals surface area contributed by atoms with E-state index < -0.39 is 0 Å². The largest absolute Gasteiger partial charge is 0.370 e. The molecule has 2 rings (SSSR count). The summed E-state index contributed by atoms with van der Waals surface area (Å²) in [5, 5.41) is 5.26. The Balaban J connectivity index is 2.03. The molecule has 84 valence electrons. The van der Waals surface area contributed by atoms with Gasteiger partial charge in [-0.15, -0.1) is 11.3 Å². The average molecular weight is 251 g/mol. The number of nitrogens with zero attached hydrogens (tertiary/aromatic N) is 2. The Kier molecular flexibility index (Phi) is 4.18. The van der Waals surface area contributed by atoms with E-state index in [-0.39, 0.29) is 0 Å². The number of hydrogen-bond acceptors (Lipinski definition) is 5. The van der Waals surface area contributed by atoms with Gasteiger partial charge in [-0.25, -0.2) is 9.97 Å². The molecule has 0 saturated heterocycles. The van der Waals surface area contributed by atoms with E-state index in [9.17, 15) is 0 Å². The quantitative estimate of drug-likeness (QED) is 0.828. The van der Waals surface area contributed by atoms with Crippen LogP contribution < -0.4 is 5.32 Å². The second-order valence-corrected chi connectivity index (χ2v) is 5.25. The first kappa shape index (κ1) is 11.4. The molecule has 2 aromatic rings. The van der Waals surface area contributed by atoms with Gasteiger partial charge < -0.3 is 5.32 Å². The zero-order valence-corrected chi connectivity index (χ0v) is 10.6. The van der Waals surface area contributed by atoms with E-state index in [2.05, 4.69) is 28.3 Å². The summed E-state index contributed by atoms with van der Waals surface area (Å²) in [4.78, 5) is 8.57. The minimum absolute atomic E-state index is 0.895. The van der Waals surface area contributed by atoms with Gasteiger partial charge in [0.1, 0.15) is 10.2 Å². The zero-order chi connectivity index (χ0) is 11.2. The molecule has 2 aromatic heterocycles. The van der Waals surface area contributed by atoms with Gasteiger partial charge in [-0.2, -0.15) is 0 Å². The molecule has 0 aliphatic rings. The van der Waals surface area contributed by atoms with Gasteiger partial charge in [0.25, 0.3) is 0 Å². The smallest absolute Gasteiger partial charge is 0.150 e. The molecule has 0 aliphatic heterocycles. The lowest BCUT2D eigenvalue weighted by atomic mass is 10.3.